The number of carboxylic acid groups (broad SMARTS) is 1. The predicted molar refractivity (Wildman–Crippen MR) is 131 cm³/mol. The van der Waals surface area contributed by atoms with Crippen molar-refractivity contribution in [1.29, 1.82) is 0 Å². The van der Waals surface area contributed by atoms with Crippen molar-refractivity contribution in [3.8, 4) is 11.5 Å². The Balaban J connectivity index is 1.67. The van der Waals surface area contributed by atoms with Crippen LogP contribution in [0.1, 0.15) is 37.8 Å². The lowest BCUT2D eigenvalue weighted by molar-refractivity contribution is -0.139. The van der Waals surface area contributed by atoms with Gasteiger partial charge in [0.15, 0.2) is 23.9 Å². The number of Topliss-reactive ketones (excluding diaryl/α,β-unsaturated/α-hetero) is 1. The Morgan fingerprint density at radius 3 is 2.62 bits per heavy atom. The Morgan fingerprint density at radius 1 is 1.06 bits per heavy atom. The van der Waals surface area contributed by atoms with Gasteiger partial charge in [0.2, 0.25) is 0 Å². The minimum Gasteiger partial charge on any atom is -0.493 e. The van der Waals surface area contributed by atoms with E-state index >= 15 is 0 Å². The third-order valence-corrected chi connectivity index (χ3v) is 6.57. The number of anilines is 1. The maximum Gasteiger partial charge on any atom is 0.341 e. The first kappa shape index (κ1) is 22.0. The van der Waals surface area contributed by atoms with Crippen molar-refractivity contribution in [1.82, 2.24) is 0 Å². The number of nitrogens with zero attached hydrogens (tertiary/aromatic N) is 1. The Hall–Kier alpha value is -3.80. The molecule has 5 rings (SSSR count). The lowest BCUT2D eigenvalue weighted by Crippen LogP contribution is -2.38. The number of ketones is 1. The molecule has 34 heavy (non-hydrogen) atoms. The van der Waals surface area contributed by atoms with E-state index in [4.69, 9.17) is 14.6 Å². The lowest BCUT2D eigenvalue weighted by atomic mass is 9.71. The summed E-state index contributed by atoms with van der Waals surface area (Å²) in [6.45, 7) is 4.40. The summed E-state index contributed by atoms with van der Waals surface area (Å²) in [4.78, 5) is 26.5. The summed E-state index contributed by atoms with van der Waals surface area (Å²) < 4.78 is 10.9. The van der Waals surface area contributed by atoms with E-state index < -0.39 is 12.6 Å². The number of methoxy groups -OCH3 is 1. The number of aliphatic carboxylic acids is 1. The number of rotatable bonds is 5. The van der Waals surface area contributed by atoms with Crippen LogP contribution < -0.4 is 14.4 Å². The molecule has 6 nitrogen and oxygen atoms in total. The molecule has 1 aliphatic heterocycles. The first-order chi connectivity index (χ1) is 16.3. The van der Waals surface area contributed by atoms with Crippen molar-refractivity contribution in [2.45, 2.75) is 33.2 Å². The monoisotopic (exact) mass is 457 g/mol. The van der Waals surface area contributed by atoms with Crippen LogP contribution in [0.3, 0.4) is 0 Å². The molecule has 3 aromatic carbocycles. The molecule has 0 saturated carbocycles. The Bertz CT molecular complexity index is 1350. The predicted octanol–water partition coefficient (Wildman–Crippen LogP) is 5.43. The second-order valence-electron chi connectivity index (χ2n) is 9.69. The largest absolute Gasteiger partial charge is 0.493 e. The molecule has 1 aliphatic carbocycles. The van der Waals surface area contributed by atoms with Crippen molar-refractivity contribution in [2.75, 3.05) is 18.6 Å². The Morgan fingerprint density at radius 2 is 1.85 bits per heavy atom. The van der Waals surface area contributed by atoms with Gasteiger partial charge in [0.25, 0.3) is 0 Å². The summed E-state index contributed by atoms with van der Waals surface area (Å²) in [5.41, 5.74) is 4.86. The van der Waals surface area contributed by atoms with Crippen LogP contribution >= 0.6 is 0 Å². The van der Waals surface area contributed by atoms with Gasteiger partial charge in [0, 0.05) is 24.7 Å². The molecule has 174 valence electrons. The molecule has 0 aromatic heterocycles. The second-order valence-corrected chi connectivity index (χ2v) is 9.69. The van der Waals surface area contributed by atoms with Gasteiger partial charge in [-0.05, 0) is 51.4 Å². The first-order valence-corrected chi connectivity index (χ1v) is 11.3. The highest BCUT2D eigenvalue weighted by molar-refractivity contribution is 6.11. The average molecular weight is 458 g/mol. The van der Waals surface area contributed by atoms with E-state index in [9.17, 15) is 9.59 Å². The van der Waals surface area contributed by atoms with Gasteiger partial charge < -0.3 is 19.5 Å². The standard InChI is InChI=1S/C28H27NO5/c1-28(2)13-21-26-18(9-8-17-6-4-5-7-20(17)26)15-29(27(21)22(30)14-28)19-10-11-23(24(12-19)33-3)34-16-25(31)32/h4-12H,13-16H2,1-3H3,(H,31,32). The van der Waals surface area contributed by atoms with Crippen molar-refractivity contribution < 1.29 is 24.2 Å². The maximum atomic E-state index is 13.6. The zero-order valence-electron chi connectivity index (χ0n) is 19.6. The summed E-state index contributed by atoms with van der Waals surface area (Å²) in [6, 6.07) is 18.0. The third-order valence-electron chi connectivity index (χ3n) is 6.57. The van der Waals surface area contributed by atoms with Crippen LogP contribution in [0.5, 0.6) is 11.5 Å². The zero-order chi connectivity index (χ0) is 24.0. The summed E-state index contributed by atoms with van der Waals surface area (Å²) >= 11 is 0. The van der Waals surface area contributed by atoms with Gasteiger partial charge in [-0.2, -0.15) is 0 Å². The van der Waals surface area contributed by atoms with Gasteiger partial charge in [-0.15, -0.1) is 0 Å². The van der Waals surface area contributed by atoms with E-state index in [1.807, 2.05) is 18.2 Å². The molecule has 6 heteroatoms. The van der Waals surface area contributed by atoms with Crippen molar-refractivity contribution in [2.24, 2.45) is 5.41 Å². The van der Waals surface area contributed by atoms with Crippen LogP contribution in [0.25, 0.3) is 16.3 Å². The molecular weight excluding hydrogens is 430 g/mol. The molecule has 0 bridgehead atoms. The van der Waals surface area contributed by atoms with Crippen LogP contribution in [0.2, 0.25) is 0 Å². The average Bonchev–Trinajstić information content (AvgIpc) is 2.80. The van der Waals surface area contributed by atoms with Crippen LogP contribution in [-0.2, 0) is 16.1 Å². The van der Waals surface area contributed by atoms with E-state index in [2.05, 4.69) is 43.0 Å². The van der Waals surface area contributed by atoms with E-state index in [-0.39, 0.29) is 11.2 Å². The number of allylic oxidation sites excluding steroid dienone is 2. The topological polar surface area (TPSA) is 76.1 Å². The normalized spacial score (nSPS) is 16.8. The molecule has 0 amide bonds. The molecule has 3 aromatic rings. The van der Waals surface area contributed by atoms with Gasteiger partial charge in [0.1, 0.15) is 0 Å². The summed E-state index contributed by atoms with van der Waals surface area (Å²) in [5, 5.41) is 11.3. The van der Waals surface area contributed by atoms with E-state index in [1.54, 1.807) is 12.1 Å². The number of fused-ring (bicyclic) bond motifs is 4. The number of ether oxygens (including phenoxy) is 2. The Kier molecular flexibility index (Phi) is 5.31. The highest BCUT2D eigenvalue weighted by Gasteiger charge is 2.40. The fourth-order valence-electron chi connectivity index (χ4n) is 5.19. The van der Waals surface area contributed by atoms with E-state index in [1.165, 1.54) is 29.0 Å². The SMILES string of the molecule is COc1cc(N2Cc3ccc4ccccc4c3C3=C2C(=O)CC(C)(C)C3)ccc1OCC(=O)O. The third kappa shape index (κ3) is 3.79. The fraction of sp³-hybridized carbons (Fsp3) is 0.286. The Labute approximate surface area is 198 Å². The molecule has 0 radical (unpaired) electrons. The maximum absolute atomic E-state index is 13.6. The molecule has 0 spiro atoms. The molecule has 0 atom stereocenters. The van der Waals surface area contributed by atoms with Gasteiger partial charge in [0.05, 0.1) is 12.8 Å². The van der Waals surface area contributed by atoms with Crippen LogP contribution in [-0.4, -0.2) is 30.6 Å². The smallest absolute Gasteiger partial charge is 0.341 e. The quantitative estimate of drug-likeness (QED) is 0.550. The number of carboxylic acids is 1. The second kappa shape index (κ2) is 8.20. The number of carbonyl (C=O) groups is 2. The molecule has 2 aliphatic rings. The highest BCUT2D eigenvalue weighted by Crippen LogP contribution is 2.49. The van der Waals surface area contributed by atoms with E-state index in [0.717, 1.165) is 23.4 Å². The van der Waals surface area contributed by atoms with Gasteiger partial charge in [-0.3, -0.25) is 4.79 Å². The molecule has 0 fully saturated rings. The first-order valence-electron chi connectivity index (χ1n) is 11.3. The van der Waals surface area contributed by atoms with Crippen molar-refractivity contribution >= 4 is 33.8 Å². The fourth-order valence-corrected chi connectivity index (χ4v) is 5.19. The van der Waals surface area contributed by atoms with Crippen LogP contribution in [0.15, 0.2) is 60.3 Å². The molecule has 1 N–H and O–H groups in total. The number of hydrogen-bond donors (Lipinski definition) is 1. The number of benzene rings is 3. The van der Waals surface area contributed by atoms with Crippen LogP contribution in [0, 0.1) is 5.41 Å². The summed E-state index contributed by atoms with van der Waals surface area (Å²) in [7, 11) is 1.52. The zero-order valence-corrected chi connectivity index (χ0v) is 19.6. The van der Waals surface area contributed by atoms with E-state index in [0.29, 0.717) is 24.5 Å². The van der Waals surface area contributed by atoms with Crippen LogP contribution in [0.4, 0.5) is 5.69 Å². The lowest BCUT2D eigenvalue weighted by Gasteiger charge is -2.41. The summed E-state index contributed by atoms with van der Waals surface area (Å²) in [6.07, 6.45) is 1.29. The molecule has 0 saturated heterocycles. The molecular formula is C28H27NO5. The van der Waals surface area contributed by atoms with Gasteiger partial charge in [-0.25, -0.2) is 4.79 Å². The summed E-state index contributed by atoms with van der Waals surface area (Å²) in [5.74, 6) is -0.151. The highest BCUT2D eigenvalue weighted by atomic mass is 16.5. The van der Waals surface area contributed by atoms with Gasteiger partial charge in [-0.1, -0.05) is 50.2 Å². The minimum absolute atomic E-state index is 0.126. The van der Waals surface area contributed by atoms with Crippen molar-refractivity contribution in [3.05, 3.63) is 71.4 Å². The molecule has 1 heterocycles. The van der Waals surface area contributed by atoms with Gasteiger partial charge >= 0.3 is 5.97 Å². The number of hydrogen-bond acceptors (Lipinski definition) is 5. The number of carbonyl (C=O) groups excluding carboxylic acids is 1. The molecule has 0 unspecified atom stereocenters. The minimum atomic E-state index is -1.06. The van der Waals surface area contributed by atoms with Crippen molar-refractivity contribution in [3.63, 3.8) is 0 Å².